The van der Waals surface area contributed by atoms with Crippen LogP contribution in [0.2, 0.25) is 0 Å². The molecule has 0 spiro atoms. The molecule has 1 aromatic heterocycles. The minimum atomic E-state index is -2.47. The zero-order valence-electron chi connectivity index (χ0n) is 15.2. The van der Waals surface area contributed by atoms with Crippen LogP contribution in [0.3, 0.4) is 0 Å². The molecule has 3 fully saturated rings. The molecule has 1 saturated heterocycles. The number of carbonyl (C=O) groups excluding carboxylic acids is 1. The highest BCUT2D eigenvalue weighted by Gasteiger charge is 2.31. The van der Waals surface area contributed by atoms with Gasteiger partial charge in [-0.05, 0) is 56.4 Å². The third kappa shape index (κ3) is 4.24. The average molecular weight is 380 g/mol. The Morgan fingerprint density at radius 3 is 2.42 bits per heavy atom. The smallest absolute Gasteiger partial charge is 0.217 e. The van der Waals surface area contributed by atoms with E-state index in [1.165, 1.54) is 38.5 Å². The van der Waals surface area contributed by atoms with Gasteiger partial charge in [-0.15, -0.1) is 0 Å². The molecule has 5 nitrogen and oxygen atoms in total. The van der Waals surface area contributed by atoms with Gasteiger partial charge in [-0.25, -0.2) is 4.98 Å². The summed E-state index contributed by atoms with van der Waals surface area (Å²) in [6.45, 7) is 0.703. The van der Waals surface area contributed by atoms with E-state index in [1.807, 2.05) is 6.07 Å². The zero-order valence-corrected chi connectivity index (χ0v) is 16.0. The third-order valence-corrected chi connectivity index (χ3v) is 7.83. The Bertz CT molecular complexity index is 658. The lowest BCUT2D eigenvalue weighted by atomic mass is 9.93. The van der Waals surface area contributed by atoms with E-state index in [2.05, 4.69) is 11.1 Å². The molecule has 4 rings (SSSR count). The fourth-order valence-electron chi connectivity index (χ4n) is 4.11. The molecule has 0 unspecified atom stereocenters. The van der Waals surface area contributed by atoms with Gasteiger partial charge in [0.25, 0.3) is 0 Å². The third-order valence-electron chi connectivity index (χ3n) is 6.05. The van der Waals surface area contributed by atoms with Crippen molar-refractivity contribution in [1.29, 1.82) is 0 Å². The largest absolute Gasteiger partial charge is 0.477 e. The molecule has 2 saturated carbocycles. The Balaban J connectivity index is 1.51. The highest BCUT2D eigenvalue weighted by molar-refractivity contribution is 8.24. The van der Waals surface area contributed by atoms with Gasteiger partial charge >= 0.3 is 0 Å². The molecule has 26 heavy (non-hydrogen) atoms. The van der Waals surface area contributed by atoms with Crippen LogP contribution in [-0.4, -0.2) is 38.0 Å². The summed E-state index contributed by atoms with van der Waals surface area (Å²) in [6.07, 6.45) is 8.38. The van der Waals surface area contributed by atoms with Crippen LogP contribution in [0.5, 0.6) is 5.88 Å². The van der Waals surface area contributed by atoms with Crippen molar-refractivity contribution in [3.05, 3.63) is 23.4 Å². The second kappa shape index (κ2) is 7.49. The fraction of sp³-hybridized carbons (Fsp3) is 0.700. The topological polar surface area (TPSA) is 79.7 Å². The first-order chi connectivity index (χ1) is 12.5. The van der Waals surface area contributed by atoms with Gasteiger partial charge in [-0.3, -0.25) is 13.9 Å². The Labute approximate surface area is 156 Å². The second-order valence-electron chi connectivity index (χ2n) is 8.18. The number of rotatable bonds is 6. The number of pyridine rings is 1. The molecule has 0 radical (unpaired) electrons. The zero-order chi connectivity index (χ0) is 18.1. The molecule has 1 aliphatic heterocycles. The highest BCUT2D eigenvalue weighted by atomic mass is 32.3. The fourth-order valence-corrected chi connectivity index (χ4v) is 5.64. The predicted molar refractivity (Wildman–Crippen MR) is 103 cm³/mol. The summed E-state index contributed by atoms with van der Waals surface area (Å²) in [7, 11) is -2.47. The standard InChI is InChI=1S/C20H29NO4S/c22-19(16-9-11-26(23,24)12-10-16)18-8-7-17(15-3-1-2-4-15)20(21-18)25-13-14-5-6-14/h7-8,14-16,23-24H,1-6,9-13H2. The maximum absolute atomic E-state index is 12.9. The van der Waals surface area contributed by atoms with Gasteiger partial charge in [-0.2, -0.15) is 10.6 Å². The predicted octanol–water partition coefficient (Wildman–Crippen LogP) is 4.87. The maximum atomic E-state index is 12.9. The van der Waals surface area contributed by atoms with Gasteiger partial charge in [0.15, 0.2) is 5.78 Å². The summed E-state index contributed by atoms with van der Waals surface area (Å²) in [5, 5.41) is 0. The van der Waals surface area contributed by atoms with Crippen LogP contribution in [0, 0.1) is 11.8 Å². The molecule has 1 aromatic rings. The number of Topliss-reactive ketones (excluding diaryl/α,β-unsaturated/α-hetero) is 1. The number of nitrogens with zero attached hydrogens (tertiary/aromatic N) is 1. The van der Waals surface area contributed by atoms with Gasteiger partial charge < -0.3 is 4.74 Å². The molecule has 144 valence electrons. The first-order valence-electron chi connectivity index (χ1n) is 9.93. The van der Waals surface area contributed by atoms with Crippen LogP contribution in [0.4, 0.5) is 0 Å². The van der Waals surface area contributed by atoms with E-state index in [9.17, 15) is 13.9 Å². The first kappa shape index (κ1) is 18.3. The molecule has 0 bridgehead atoms. The molecular weight excluding hydrogens is 350 g/mol. The van der Waals surface area contributed by atoms with Crippen molar-refractivity contribution in [2.45, 2.75) is 57.3 Å². The van der Waals surface area contributed by atoms with Gasteiger partial charge in [0.1, 0.15) is 5.69 Å². The summed E-state index contributed by atoms with van der Waals surface area (Å²) < 4.78 is 25.6. The van der Waals surface area contributed by atoms with Gasteiger partial charge in [0.05, 0.1) is 6.61 Å². The Kier molecular flexibility index (Phi) is 5.26. The monoisotopic (exact) mass is 379 g/mol. The molecule has 6 heteroatoms. The summed E-state index contributed by atoms with van der Waals surface area (Å²) in [5.41, 5.74) is 1.64. The number of ether oxygens (including phenoxy) is 1. The van der Waals surface area contributed by atoms with E-state index in [-0.39, 0.29) is 11.7 Å². The number of ketones is 1. The quantitative estimate of drug-likeness (QED) is 0.689. The van der Waals surface area contributed by atoms with Gasteiger partial charge in [-0.1, -0.05) is 18.9 Å². The molecule has 0 amide bonds. The lowest BCUT2D eigenvalue weighted by Gasteiger charge is -2.38. The van der Waals surface area contributed by atoms with E-state index in [0.29, 0.717) is 54.4 Å². The summed E-state index contributed by atoms with van der Waals surface area (Å²) >= 11 is 0. The number of hydrogen-bond donors (Lipinski definition) is 2. The van der Waals surface area contributed by atoms with Crippen LogP contribution in [0.15, 0.2) is 12.1 Å². The van der Waals surface area contributed by atoms with Crippen molar-refractivity contribution >= 4 is 16.4 Å². The molecule has 3 aliphatic rings. The molecule has 0 atom stereocenters. The van der Waals surface area contributed by atoms with Gasteiger partial charge in [0, 0.05) is 23.0 Å². The SMILES string of the molecule is O=C(c1ccc(C2CCCC2)c(OCC2CC2)n1)C1CCS(O)(O)CC1. The van der Waals surface area contributed by atoms with Crippen LogP contribution in [0.25, 0.3) is 0 Å². The Hall–Kier alpha value is -1.11. The Morgan fingerprint density at radius 1 is 1.08 bits per heavy atom. The summed E-state index contributed by atoms with van der Waals surface area (Å²) in [6, 6.07) is 3.90. The van der Waals surface area contributed by atoms with Crippen molar-refractivity contribution in [3.63, 3.8) is 0 Å². The van der Waals surface area contributed by atoms with Crippen LogP contribution >= 0.6 is 10.6 Å². The van der Waals surface area contributed by atoms with Crippen molar-refractivity contribution < 1.29 is 18.6 Å². The summed E-state index contributed by atoms with van der Waals surface area (Å²) in [5.74, 6) is 2.34. The lowest BCUT2D eigenvalue weighted by molar-refractivity contribution is 0.0904. The summed E-state index contributed by atoms with van der Waals surface area (Å²) in [4.78, 5) is 17.5. The van der Waals surface area contributed by atoms with E-state index in [0.717, 1.165) is 5.56 Å². The van der Waals surface area contributed by atoms with Crippen molar-refractivity contribution in [3.8, 4) is 5.88 Å². The molecule has 2 aliphatic carbocycles. The van der Waals surface area contributed by atoms with Crippen LogP contribution in [-0.2, 0) is 0 Å². The molecule has 2 N–H and O–H groups in total. The first-order valence-corrected chi connectivity index (χ1v) is 11.8. The molecule has 2 heterocycles. The van der Waals surface area contributed by atoms with E-state index in [1.54, 1.807) is 0 Å². The van der Waals surface area contributed by atoms with E-state index >= 15 is 0 Å². The Morgan fingerprint density at radius 2 is 1.77 bits per heavy atom. The van der Waals surface area contributed by atoms with E-state index < -0.39 is 10.6 Å². The molecular formula is C20H29NO4S. The number of hydrogen-bond acceptors (Lipinski definition) is 5. The number of carbonyl (C=O) groups is 1. The van der Waals surface area contributed by atoms with Gasteiger partial charge in [0.2, 0.25) is 5.88 Å². The average Bonchev–Trinajstić information content (AvgIpc) is 3.31. The second-order valence-corrected chi connectivity index (χ2v) is 10.6. The van der Waals surface area contributed by atoms with Crippen molar-refractivity contribution in [2.75, 3.05) is 18.1 Å². The normalized spacial score (nSPS) is 25.2. The van der Waals surface area contributed by atoms with Crippen LogP contribution < -0.4 is 4.74 Å². The highest BCUT2D eigenvalue weighted by Crippen LogP contribution is 2.46. The maximum Gasteiger partial charge on any atom is 0.217 e. The molecule has 0 aromatic carbocycles. The van der Waals surface area contributed by atoms with Crippen LogP contribution in [0.1, 0.15) is 73.3 Å². The number of aromatic nitrogens is 1. The van der Waals surface area contributed by atoms with Crippen molar-refractivity contribution in [1.82, 2.24) is 4.98 Å². The minimum absolute atomic E-state index is 0.0224. The minimum Gasteiger partial charge on any atom is -0.477 e. The van der Waals surface area contributed by atoms with E-state index in [4.69, 9.17) is 4.74 Å². The lowest BCUT2D eigenvalue weighted by Crippen LogP contribution is -2.27. The van der Waals surface area contributed by atoms with Crippen molar-refractivity contribution in [2.24, 2.45) is 11.8 Å².